The van der Waals surface area contributed by atoms with Crippen LogP contribution in [-0.2, 0) is 26.2 Å². The Morgan fingerprint density at radius 1 is 1.09 bits per heavy atom. The highest BCUT2D eigenvalue weighted by molar-refractivity contribution is 7.92. The lowest BCUT2D eigenvalue weighted by Gasteiger charge is -2.33. The molecular weight excluding hydrogens is 466 g/mol. The van der Waals surface area contributed by atoms with Crippen molar-refractivity contribution in [2.45, 2.75) is 59.7 Å². The molecule has 0 heterocycles. The summed E-state index contributed by atoms with van der Waals surface area (Å²) in [6, 6.07) is 13.3. The van der Waals surface area contributed by atoms with E-state index in [4.69, 9.17) is 4.74 Å². The SMILES string of the molecule is CCOc1ccc(N(CC(=O)N(Cc2cccc(C)c2)[C@@H](C)C(=O)NC(C)(C)C)S(C)(=O)=O)cc1. The van der Waals surface area contributed by atoms with Crippen LogP contribution in [-0.4, -0.2) is 56.1 Å². The summed E-state index contributed by atoms with van der Waals surface area (Å²) in [6.07, 6.45) is 1.05. The number of anilines is 1. The van der Waals surface area contributed by atoms with Crippen LogP contribution in [0.4, 0.5) is 5.69 Å². The summed E-state index contributed by atoms with van der Waals surface area (Å²) in [5.74, 6) is -0.197. The Hall–Kier alpha value is -3.07. The lowest BCUT2D eigenvalue weighted by Crippen LogP contribution is -2.54. The molecule has 0 aromatic heterocycles. The molecule has 1 N–H and O–H groups in total. The largest absolute Gasteiger partial charge is 0.494 e. The number of nitrogens with one attached hydrogen (secondary N) is 1. The van der Waals surface area contributed by atoms with Crippen LogP contribution in [0.15, 0.2) is 48.5 Å². The highest BCUT2D eigenvalue weighted by Crippen LogP contribution is 2.22. The number of hydrogen-bond donors (Lipinski definition) is 1. The minimum Gasteiger partial charge on any atom is -0.494 e. The predicted octanol–water partition coefficient (Wildman–Crippen LogP) is 3.49. The van der Waals surface area contributed by atoms with Gasteiger partial charge in [-0.25, -0.2) is 8.42 Å². The highest BCUT2D eigenvalue weighted by atomic mass is 32.2. The standard InChI is InChI=1S/C26H37N3O5S/c1-8-34-23-14-12-22(13-15-23)29(35(7,32)33)18-24(30)28(17-21-11-9-10-19(2)16-21)20(3)25(31)27-26(4,5)6/h9-16,20H,8,17-18H2,1-7H3,(H,27,31)/t20-/m0/s1. The molecule has 2 rings (SSSR count). The normalized spacial score (nSPS) is 12.5. The van der Waals surface area contributed by atoms with Crippen LogP contribution < -0.4 is 14.4 Å². The van der Waals surface area contributed by atoms with E-state index in [-0.39, 0.29) is 12.5 Å². The molecule has 0 aliphatic rings. The van der Waals surface area contributed by atoms with Crippen LogP contribution in [0.25, 0.3) is 0 Å². The Morgan fingerprint density at radius 2 is 1.71 bits per heavy atom. The van der Waals surface area contributed by atoms with Crippen LogP contribution in [0.1, 0.15) is 45.7 Å². The maximum Gasteiger partial charge on any atom is 0.244 e. The zero-order chi connectivity index (χ0) is 26.4. The lowest BCUT2D eigenvalue weighted by atomic mass is 10.1. The predicted molar refractivity (Wildman–Crippen MR) is 139 cm³/mol. The third kappa shape index (κ3) is 8.58. The van der Waals surface area contributed by atoms with Crippen molar-refractivity contribution in [3.8, 4) is 5.75 Å². The van der Waals surface area contributed by atoms with Crippen molar-refractivity contribution in [1.29, 1.82) is 0 Å². The van der Waals surface area contributed by atoms with Gasteiger partial charge in [-0.15, -0.1) is 0 Å². The summed E-state index contributed by atoms with van der Waals surface area (Å²) in [5.41, 5.74) is 1.73. The van der Waals surface area contributed by atoms with Crippen molar-refractivity contribution >= 4 is 27.5 Å². The minimum atomic E-state index is -3.78. The lowest BCUT2D eigenvalue weighted by molar-refractivity contribution is -0.140. The number of amides is 2. The molecule has 1 atom stereocenters. The molecule has 0 saturated carbocycles. The first-order chi connectivity index (χ1) is 16.2. The molecule has 9 heteroatoms. The third-order valence-corrected chi connectivity index (χ3v) is 6.36. The monoisotopic (exact) mass is 503 g/mol. The van der Waals surface area contributed by atoms with E-state index in [0.717, 1.165) is 21.7 Å². The molecule has 0 aliphatic carbocycles. The van der Waals surface area contributed by atoms with Gasteiger partial charge in [-0.2, -0.15) is 0 Å². The van der Waals surface area contributed by atoms with Crippen LogP contribution >= 0.6 is 0 Å². The van der Waals surface area contributed by atoms with Crippen molar-refractivity contribution in [2.24, 2.45) is 0 Å². The van der Waals surface area contributed by atoms with Gasteiger partial charge in [-0.05, 0) is 71.4 Å². The Kier molecular flexibility index (Phi) is 9.31. The summed E-state index contributed by atoms with van der Waals surface area (Å²) in [7, 11) is -3.78. The van der Waals surface area contributed by atoms with Gasteiger partial charge in [-0.1, -0.05) is 29.8 Å². The molecule has 2 aromatic rings. The highest BCUT2D eigenvalue weighted by Gasteiger charge is 2.31. The van der Waals surface area contributed by atoms with E-state index in [9.17, 15) is 18.0 Å². The van der Waals surface area contributed by atoms with Crippen molar-refractivity contribution in [3.05, 3.63) is 59.7 Å². The van der Waals surface area contributed by atoms with Crippen LogP contribution in [0.5, 0.6) is 5.75 Å². The number of sulfonamides is 1. The second-order valence-electron chi connectivity index (χ2n) is 9.62. The minimum absolute atomic E-state index is 0.167. The van der Waals surface area contributed by atoms with Crippen LogP contribution in [0.3, 0.4) is 0 Å². The molecular formula is C26H37N3O5S. The smallest absolute Gasteiger partial charge is 0.244 e. The topological polar surface area (TPSA) is 96.0 Å². The number of carbonyl (C=O) groups excluding carboxylic acids is 2. The molecule has 0 bridgehead atoms. The van der Waals surface area contributed by atoms with Crippen LogP contribution in [0.2, 0.25) is 0 Å². The van der Waals surface area contributed by atoms with Crippen molar-refractivity contribution < 1.29 is 22.7 Å². The van der Waals surface area contributed by atoms with Gasteiger partial charge in [0.2, 0.25) is 21.8 Å². The Morgan fingerprint density at radius 3 is 2.23 bits per heavy atom. The molecule has 35 heavy (non-hydrogen) atoms. The van der Waals surface area contributed by atoms with Gasteiger partial charge in [-0.3, -0.25) is 13.9 Å². The molecule has 0 saturated heterocycles. The zero-order valence-corrected chi connectivity index (χ0v) is 22.5. The van der Waals surface area contributed by atoms with Gasteiger partial charge in [0.1, 0.15) is 18.3 Å². The number of hydrogen-bond acceptors (Lipinski definition) is 5. The second kappa shape index (κ2) is 11.6. The number of nitrogens with zero attached hydrogens (tertiary/aromatic N) is 2. The average Bonchev–Trinajstić information content (AvgIpc) is 2.74. The van der Waals surface area contributed by atoms with Crippen molar-refractivity contribution in [1.82, 2.24) is 10.2 Å². The van der Waals surface area contributed by atoms with E-state index in [0.29, 0.717) is 18.0 Å². The number of benzene rings is 2. The van der Waals surface area contributed by atoms with Gasteiger partial charge < -0.3 is 15.0 Å². The van der Waals surface area contributed by atoms with E-state index < -0.39 is 34.1 Å². The summed E-state index contributed by atoms with van der Waals surface area (Å²) in [6.45, 7) is 11.3. The van der Waals surface area contributed by atoms with Gasteiger partial charge >= 0.3 is 0 Å². The summed E-state index contributed by atoms with van der Waals surface area (Å²) >= 11 is 0. The van der Waals surface area contributed by atoms with Gasteiger partial charge in [0.05, 0.1) is 18.6 Å². The van der Waals surface area contributed by atoms with Crippen molar-refractivity contribution in [2.75, 3.05) is 23.7 Å². The van der Waals surface area contributed by atoms with E-state index in [1.807, 2.05) is 58.9 Å². The first-order valence-electron chi connectivity index (χ1n) is 11.6. The Bertz CT molecular complexity index is 1120. The summed E-state index contributed by atoms with van der Waals surface area (Å²) < 4.78 is 31.8. The molecule has 0 spiro atoms. The Balaban J connectivity index is 2.38. The molecule has 2 amide bonds. The van der Waals surface area contributed by atoms with Gasteiger partial charge in [0.25, 0.3) is 0 Å². The third-order valence-electron chi connectivity index (χ3n) is 5.22. The molecule has 2 aromatic carbocycles. The fourth-order valence-electron chi connectivity index (χ4n) is 3.55. The first kappa shape index (κ1) is 28.2. The van der Waals surface area contributed by atoms with Gasteiger partial charge in [0.15, 0.2) is 0 Å². The number of rotatable bonds is 10. The first-order valence-corrected chi connectivity index (χ1v) is 13.4. The van der Waals surface area contributed by atoms with Crippen molar-refractivity contribution in [3.63, 3.8) is 0 Å². The summed E-state index contributed by atoms with van der Waals surface area (Å²) in [5, 5.41) is 2.91. The molecule has 192 valence electrons. The number of ether oxygens (including phenoxy) is 1. The van der Waals surface area contributed by atoms with E-state index in [1.165, 1.54) is 4.90 Å². The number of carbonyl (C=O) groups is 2. The van der Waals surface area contributed by atoms with E-state index in [2.05, 4.69) is 5.32 Å². The molecule has 0 unspecified atom stereocenters. The van der Waals surface area contributed by atoms with Gasteiger partial charge in [0, 0.05) is 12.1 Å². The molecule has 0 fully saturated rings. The number of aryl methyl sites for hydroxylation is 1. The average molecular weight is 504 g/mol. The molecule has 0 aliphatic heterocycles. The second-order valence-corrected chi connectivity index (χ2v) is 11.5. The zero-order valence-electron chi connectivity index (χ0n) is 21.7. The summed E-state index contributed by atoms with van der Waals surface area (Å²) in [4.78, 5) is 27.9. The molecule has 0 radical (unpaired) electrons. The fraction of sp³-hybridized carbons (Fsp3) is 0.462. The quantitative estimate of drug-likeness (QED) is 0.535. The van der Waals surface area contributed by atoms with E-state index >= 15 is 0 Å². The van der Waals surface area contributed by atoms with Crippen LogP contribution in [0, 0.1) is 6.92 Å². The maximum atomic E-state index is 13.6. The fourth-order valence-corrected chi connectivity index (χ4v) is 4.40. The molecule has 8 nitrogen and oxygen atoms in total. The maximum absolute atomic E-state index is 13.6. The van der Waals surface area contributed by atoms with E-state index in [1.54, 1.807) is 31.2 Å². The Labute approximate surface area is 209 Å².